The second kappa shape index (κ2) is 7.60. The highest BCUT2D eigenvalue weighted by Crippen LogP contribution is 2.12. The predicted octanol–water partition coefficient (Wildman–Crippen LogP) is 1.70. The second-order valence-electron chi connectivity index (χ2n) is 5.48. The minimum absolute atomic E-state index is 0.0223. The van der Waals surface area contributed by atoms with Crippen molar-refractivity contribution in [2.24, 2.45) is 0 Å². The van der Waals surface area contributed by atoms with Gasteiger partial charge in [0.15, 0.2) is 0 Å². The quantitative estimate of drug-likeness (QED) is 0.621. The molecule has 1 atom stereocenters. The minimum Gasteiger partial charge on any atom is -0.486 e. The van der Waals surface area contributed by atoms with E-state index in [1.165, 1.54) is 30.5 Å². The highest BCUT2D eigenvalue weighted by atomic mass is 19.1. The van der Waals surface area contributed by atoms with Crippen LogP contribution in [0.1, 0.15) is 35.0 Å². The first-order valence-electron chi connectivity index (χ1n) is 7.79. The molecule has 0 aliphatic rings. The van der Waals surface area contributed by atoms with Crippen molar-refractivity contribution in [2.45, 2.75) is 19.6 Å². The molecule has 0 saturated carbocycles. The molecule has 0 unspecified atom stereocenters. The van der Waals surface area contributed by atoms with Crippen LogP contribution in [0.3, 0.4) is 0 Å². The zero-order valence-corrected chi connectivity index (χ0v) is 13.8. The van der Waals surface area contributed by atoms with Gasteiger partial charge in [0.2, 0.25) is 0 Å². The topological polar surface area (TPSA) is 113 Å². The second-order valence-corrected chi connectivity index (χ2v) is 5.48. The Balaban J connectivity index is 1.64. The smallest absolute Gasteiger partial charge is 0.263 e. The lowest BCUT2D eigenvalue weighted by molar-refractivity contribution is 0.0936. The molecule has 0 bridgehead atoms. The molecule has 3 aromatic rings. The number of carbonyl (C=O) groups is 1. The van der Waals surface area contributed by atoms with E-state index in [1.54, 1.807) is 19.3 Å². The number of ether oxygens (including phenoxy) is 1. The maximum atomic E-state index is 12.8. The van der Waals surface area contributed by atoms with Crippen LogP contribution in [0.15, 0.2) is 47.7 Å². The molecule has 0 aliphatic carbocycles. The molecule has 134 valence electrons. The van der Waals surface area contributed by atoms with Crippen LogP contribution in [0.2, 0.25) is 0 Å². The van der Waals surface area contributed by atoms with E-state index in [0.29, 0.717) is 11.6 Å². The van der Waals surface area contributed by atoms with E-state index in [0.717, 1.165) is 0 Å². The SMILES string of the molecule is C[C@H](NC(=O)c1cnc(COc2ccc(F)cc2)[nH]c1=O)c1ncc[nH]1. The van der Waals surface area contributed by atoms with E-state index in [2.05, 4.69) is 25.3 Å². The predicted molar refractivity (Wildman–Crippen MR) is 90.1 cm³/mol. The van der Waals surface area contributed by atoms with Gasteiger partial charge in [-0.2, -0.15) is 0 Å². The fourth-order valence-electron chi connectivity index (χ4n) is 2.21. The van der Waals surface area contributed by atoms with Crippen LogP contribution in [-0.4, -0.2) is 25.8 Å². The molecule has 0 radical (unpaired) electrons. The maximum absolute atomic E-state index is 12.8. The summed E-state index contributed by atoms with van der Waals surface area (Å²) in [6.45, 7) is 1.72. The monoisotopic (exact) mass is 357 g/mol. The van der Waals surface area contributed by atoms with Crippen molar-refractivity contribution in [1.82, 2.24) is 25.3 Å². The van der Waals surface area contributed by atoms with Crippen molar-refractivity contribution in [3.8, 4) is 5.75 Å². The highest BCUT2D eigenvalue weighted by Gasteiger charge is 2.16. The number of benzene rings is 1. The largest absolute Gasteiger partial charge is 0.486 e. The molecule has 3 N–H and O–H groups in total. The molecular weight excluding hydrogens is 341 g/mol. The van der Waals surface area contributed by atoms with E-state index in [4.69, 9.17) is 4.74 Å². The molecule has 0 saturated heterocycles. The van der Waals surface area contributed by atoms with Gasteiger partial charge in [0.1, 0.15) is 35.4 Å². The van der Waals surface area contributed by atoms with Crippen LogP contribution in [0.5, 0.6) is 5.75 Å². The Kier molecular flexibility index (Phi) is 5.07. The van der Waals surface area contributed by atoms with Crippen LogP contribution in [0, 0.1) is 5.82 Å². The number of nitrogens with zero attached hydrogens (tertiary/aromatic N) is 2. The number of aromatic amines is 2. The normalized spacial score (nSPS) is 11.8. The summed E-state index contributed by atoms with van der Waals surface area (Å²) in [5.41, 5.74) is -0.698. The van der Waals surface area contributed by atoms with Gasteiger partial charge >= 0.3 is 0 Å². The third-order valence-electron chi connectivity index (χ3n) is 3.56. The number of rotatable bonds is 6. The number of imidazole rings is 1. The zero-order chi connectivity index (χ0) is 18.5. The molecule has 0 spiro atoms. The molecule has 3 rings (SSSR count). The number of amides is 1. The standard InChI is InChI=1S/C17H16FN5O3/c1-10(15-19-6-7-20-15)22-16(24)13-8-21-14(23-17(13)25)9-26-12-4-2-11(18)3-5-12/h2-8,10H,9H2,1H3,(H,19,20)(H,22,24)(H,21,23,25)/t10-/m0/s1. The molecule has 2 aromatic heterocycles. The first kappa shape index (κ1) is 17.3. The van der Waals surface area contributed by atoms with Gasteiger partial charge < -0.3 is 20.0 Å². The van der Waals surface area contributed by atoms with Gasteiger partial charge in [0, 0.05) is 18.6 Å². The Hall–Kier alpha value is -3.49. The van der Waals surface area contributed by atoms with Crippen molar-refractivity contribution in [3.05, 3.63) is 76.2 Å². The summed E-state index contributed by atoms with van der Waals surface area (Å²) in [5.74, 6) is 0.321. The Morgan fingerprint density at radius 1 is 1.31 bits per heavy atom. The summed E-state index contributed by atoms with van der Waals surface area (Å²) in [5, 5.41) is 2.66. The minimum atomic E-state index is -0.582. The molecule has 8 nitrogen and oxygen atoms in total. The van der Waals surface area contributed by atoms with Crippen molar-refractivity contribution < 1.29 is 13.9 Å². The van der Waals surface area contributed by atoms with Crippen LogP contribution in [0.4, 0.5) is 4.39 Å². The number of halogens is 1. The maximum Gasteiger partial charge on any atom is 0.263 e. The van der Waals surface area contributed by atoms with E-state index < -0.39 is 17.5 Å². The van der Waals surface area contributed by atoms with Crippen LogP contribution in [0.25, 0.3) is 0 Å². The van der Waals surface area contributed by atoms with E-state index >= 15 is 0 Å². The molecule has 26 heavy (non-hydrogen) atoms. The summed E-state index contributed by atoms with van der Waals surface area (Å²) < 4.78 is 18.2. The number of aromatic nitrogens is 4. The van der Waals surface area contributed by atoms with Gasteiger partial charge in [-0.1, -0.05) is 0 Å². The zero-order valence-electron chi connectivity index (χ0n) is 13.8. The van der Waals surface area contributed by atoms with Gasteiger partial charge in [-0.15, -0.1) is 0 Å². The van der Waals surface area contributed by atoms with Gasteiger partial charge in [0.05, 0.1) is 6.04 Å². The molecule has 0 fully saturated rings. The average molecular weight is 357 g/mol. The lowest BCUT2D eigenvalue weighted by atomic mass is 10.2. The first-order valence-corrected chi connectivity index (χ1v) is 7.79. The molecule has 0 aliphatic heterocycles. The van der Waals surface area contributed by atoms with Crippen LogP contribution < -0.4 is 15.6 Å². The molecular formula is C17H16FN5O3. The van der Waals surface area contributed by atoms with Gasteiger partial charge in [0.25, 0.3) is 11.5 Å². The summed E-state index contributed by atoms with van der Waals surface area (Å²) in [7, 11) is 0. The Bertz CT molecular complexity index is 938. The van der Waals surface area contributed by atoms with E-state index in [9.17, 15) is 14.0 Å². The Labute approximate surface area is 147 Å². The number of hydrogen-bond acceptors (Lipinski definition) is 5. The molecule has 1 aromatic carbocycles. The van der Waals surface area contributed by atoms with E-state index in [1.807, 2.05) is 0 Å². The Morgan fingerprint density at radius 3 is 2.73 bits per heavy atom. The summed E-state index contributed by atoms with van der Waals surface area (Å²) >= 11 is 0. The van der Waals surface area contributed by atoms with Crippen molar-refractivity contribution in [3.63, 3.8) is 0 Å². The average Bonchev–Trinajstić information content (AvgIpc) is 3.16. The van der Waals surface area contributed by atoms with E-state index in [-0.39, 0.29) is 23.8 Å². The van der Waals surface area contributed by atoms with Crippen LogP contribution >= 0.6 is 0 Å². The Morgan fingerprint density at radius 2 is 2.08 bits per heavy atom. The first-order chi connectivity index (χ1) is 12.5. The fraction of sp³-hybridized carbons (Fsp3) is 0.176. The van der Waals surface area contributed by atoms with Gasteiger partial charge in [-0.25, -0.2) is 14.4 Å². The number of hydrogen-bond donors (Lipinski definition) is 3. The molecule has 1 amide bonds. The summed E-state index contributed by atoms with van der Waals surface area (Å²) in [4.78, 5) is 37.8. The van der Waals surface area contributed by atoms with Gasteiger partial charge in [-0.3, -0.25) is 9.59 Å². The summed E-state index contributed by atoms with van der Waals surface area (Å²) in [6, 6.07) is 5.06. The van der Waals surface area contributed by atoms with Crippen molar-refractivity contribution >= 4 is 5.91 Å². The lowest BCUT2D eigenvalue weighted by Gasteiger charge is -2.11. The molecule has 9 heteroatoms. The molecule has 2 heterocycles. The number of H-pyrrole nitrogens is 2. The number of carbonyl (C=O) groups excluding carboxylic acids is 1. The fourth-order valence-corrected chi connectivity index (χ4v) is 2.21. The van der Waals surface area contributed by atoms with Crippen molar-refractivity contribution in [2.75, 3.05) is 0 Å². The van der Waals surface area contributed by atoms with Gasteiger partial charge in [-0.05, 0) is 31.2 Å². The lowest BCUT2D eigenvalue weighted by Crippen LogP contribution is -2.32. The third-order valence-corrected chi connectivity index (χ3v) is 3.56. The summed E-state index contributed by atoms with van der Waals surface area (Å²) in [6.07, 6.45) is 4.40. The van der Waals surface area contributed by atoms with Crippen molar-refractivity contribution in [1.29, 1.82) is 0 Å². The number of nitrogens with one attached hydrogen (secondary N) is 3. The third kappa shape index (κ3) is 4.12. The van der Waals surface area contributed by atoms with Crippen LogP contribution in [-0.2, 0) is 6.61 Å². The highest BCUT2D eigenvalue weighted by molar-refractivity contribution is 5.93.